The minimum Gasteiger partial charge on any atom is -0.507 e. The number of aliphatic imine (C=N–C) groups is 1. The third kappa shape index (κ3) is 4.84. The van der Waals surface area contributed by atoms with E-state index in [9.17, 15) is 19.8 Å². The van der Waals surface area contributed by atoms with Gasteiger partial charge in [0.1, 0.15) is 34.0 Å². The fourth-order valence-corrected chi connectivity index (χ4v) is 3.15. The van der Waals surface area contributed by atoms with Gasteiger partial charge in [0, 0.05) is 12.1 Å². The summed E-state index contributed by atoms with van der Waals surface area (Å²) in [4.78, 5) is 30.7. The fourth-order valence-electron chi connectivity index (χ4n) is 3.15. The van der Waals surface area contributed by atoms with Gasteiger partial charge in [0.25, 0.3) is 0 Å². The maximum absolute atomic E-state index is 11.1. The predicted octanol–water partition coefficient (Wildman–Crippen LogP) is 2.20. The molecule has 0 amide bonds. The highest BCUT2D eigenvalue weighted by molar-refractivity contribution is 6.38. The lowest BCUT2D eigenvalue weighted by Crippen LogP contribution is -2.08. The zero-order valence-electron chi connectivity index (χ0n) is 18.2. The van der Waals surface area contributed by atoms with E-state index in [2.05, 4.69) is 25.4 Å². The standard InChI is InChI=1S/C23H17N7O6/c24-27-18(10-25-12-4-6-14(22(33)34)20(31)8-12)16-2-1-3-17(26-16)19-11-30(29-28-19)13-5-7-15(23(35)36)21(32)9-13/h1-11,31-32H,24H2,(H,33,34)(H,35,36)/b25-10?,27-18+. The van der Waals surface area contributed by atoms with Crippen LogP contribution in [0.3, 0.4) is 0 Å². The summed E-state index contributed by atoms with van der Waals surface area (Å²) < 4.78 is 1.35. The first-order valence-corrected chi connectivity index (χ1v) is 10.1. The first-order chi connectivity index (χ1) is 17.3. The SMILES string of the molecule is N/N=C(\C=Nc1ccc(C(=O)O)c(O)c1)c1cccc(-c2cn(-c3ccc(C(=O)O)c(O)c3)nn2)n1. The van der Waals surface area contributed by atoms with Crippen molar-refractivity contribution in [1.82, 2.24) is 20.0 Å². The van der Waals surface area contributed by atoms with E-state index in [-0.39, 0.29) is 22.5 Å². The normalized spacial score (nSPS) is 11.6. The number of nitrogens with zero attached hydrogens (tertiary/aromatic N) is 6. The Bertz CT molecular complexity index is 1540. The zero-order chi connectivity index (χ0) is 25.8. The minimum atomic E-state index is -1.26. The number of carboxylic acid groups (broad SMARTS) is 2. The molecule has 0 saturated carbocycles. The Balaban J connectivity index is 1.58. The third-order valence-corrected chi connectivity index (χ3v) is 4.93. The summed E-state index contributed by atoms with van der Waals surface area (Å²) in [6, 6.07) is 12.8. The molecule has 13 nitrogen and oxygen atoms in total. The van der Waals surface area contributed by atoms with Crippen LogP contribution in [0.2, 0.25) is 0 Å². The molecule has 0 atom stereocenters. The molecule has 0 aliphatic heterocycles. The second-order valence-corrected chi connectivity index (χ2v) is 7.24. The molecule has 4 rings (SSSR count). The van der Waals surface area contributed by atoms with Crippen molar-refractivity contribution in [2.45, 2.75) is 0 Å². The smallest absolute Gasteiger partial charge is 0.339 e. The second kappa shape index (κ2) is 9.72. The largest absolute Gasteiger partial charge is 0.507 e. The van der Waals surface area contributed by atoms with E-state index in [1.54, 1.807) is 24.4 Å². The number of phenols is 2. The van der Waals surface area contributed by atoms with Crippen LogP contribution in [0.1, 0.15) is 26.4 Å². The van der Waals surface area contributed by atoms with Gasteiger partial charge >= 0.3 is 11.9 Å². The lowest BCUT2D eigenvalue weighted by atomic mass is 10.2. The Kier molecular flexibility index (Phi) is 6.36. The molecule has 0 aliphatic rings. The van der Waals surface area contributed by atoms with Gasteiger partial charge in [-0.25, -0.2) is 19.3 Å². The van der Waals surface area contributed by atoms with Crippen LogP contribution in [0.4, 0.5) is 5.69 Å². The summed E-state index contributed by atoms with van der Waals surface area (Å²) >= 11 is 0. The Morgan fingerprint density at radius 1 is 0.917 bits per heavy atom. The van der Waals surface area contributed by atoms with Gasteiger partial charge < -0.3 is 26.3 Å². The van der Waals surface area contributed by atoms with Crippen LogP contribution >= 0.6 is 0 Å². The molecule has 2 aromatic carbocycles. The van der Waals surface area contributed by atoms with E-state index in [4.69, 9.17) is 16.1 Å². The van der Waals surface area contributed by atoms with Crippen molar-refractivity contribution in [3.63, 3.8) is 0 Å². The van der Waals surface area contributed by atoms with Gasteiger partial charge in [-0.15, -0.1) is 5.10 Å². The summed E-state index contributed by atoms with van der Waals surface area (Å²) in [6.07, 6.45) is 2.85. The Morgan fingerprint density at radius 2 is 1.61 bits per heavy atom. The molecule has 180 valence electrons. The van der Waals surface area contributed by atoms with Crippen molar-refractivity contribution in [3.05, 3.63) is 77.6 Å². The summed E-state index contributed by atoms with van der Waals surface area (Å²) in [6.45, 7) is 0. The van der Waals surface area contributed by atoms with Gasteiger partial charge in [-0.1, -0.05) is 11.3 Å². The molecular formula is C23H17N7O6. The molecule has 0 fully saturated rings. The molecule has 0 radical (unpaired) electrons. The van der Waals surface area contributed by atoms with E-state index in [1.165, 1.54) is 47.3 Å². The van der Waals surface area contributed by atoms with E-state index < -0.39 is 23.4 Å². The van der Waals surface area contributed by atoms with E-state index in [0.29, 0.717) is 22.8 Å². The van der Waals surface area contributed by atoms with Gasteiger partial charge in [0.15, 0.2) is 0 Å². The maximum Gasteiger partial charge on any atom is 0.339 e. The molecular weight excluding hydrogens is 470 g/mol. The lowest BCUT2D eigenvalue weighted by molar-refractivity contribution is 0.0682. The van der Waals surface area contributed by atoms with Crippen LogP contribution in [0, 0.1) is 0 Å². The van der Waals surface area contributed by atoms with E-state index >= 15 is 0 Å². The number of aromatic nitrogens is 4. The third-order valence-electron chi connectivity index (χ3n) is 4.93. The molecule has 0 bridgehead atoms. The van der Waals surface area contributed by atoms with Crippen LogP contribution in [0.5, 0.6) is 11.5 Å². The number of carbonyl (C=O) groups is 2. The highest BCUT2D eigenvalue weighted by Gasteiger charge is 2.14. The Labute approximate surface area is 202 Å². The number of benzene rings is 2. The number of carboxylic acids is 2. The number of rotatable bonds is 7. The highest BCUT2D eigenvalue weighted by atomic mass is 16.4. The number of hydrogen-bond donors (Lipinski definition) is 5. The quantitative estimate of drug-likeness (QED) is 0.146. The van der Waals surface area contributed by atoms with Crippen LogP contribution in [0.25, 0.3) is 17.1 Å². The van der Waals surface area contributed by atoms with Crippen molar-refractivity contribution >= 4 is 29.6 Å². The summed E-state index contributed by atoms with van der Waals surface area (Å²) in [5.41, 5.74) is 1.51. The van der Waals surface area contributed by atoms with Gasteiger partial charge in [0.2, 0.25) is 0 Å². The molecule has 36 heavy (non-hydrogen) atoms. The average Bonchev–Trinajstić information content (AvgIpc) is 3.35. The Morgan fingerprint density at radius 3 is 2.25 bits per heavy atom. The molecule has 6 N–H and O–H groups in total. The van der Waals surface area contributed by atoms with Gasteiger partial charge in [0.05, 0.1) is 35.2 Å². The first-order valence-electron chi connectivity index (χ1n) is 10.1. The summed E-state index contributed by atoms with van der Waals surface area (Å²) in [7, 11) is 0. The van der Waals surface area contributed by atoms with Crippen molar-refractivity contribution < 1.29 is 30.0 Å². The zero-order valence-corrected chi connectivity index (χ0v) is 18.2. The number of aromatic hydroxyl groups is 2. The fraction of sp³-hybridized carbons (Fsp3) is 0. The lowest BCUT2D eigenvalue weighted by Gasteiger charge is -2.04. The van der Waals surface area contributed by atoms with Crippen molar-refractivity contribution in [2.24, 2.45) is 15.9 Å². The monoisotopic (exact) mass is 487 g/mol. The topological polar surface area (TPSA) is 209 Å². The molecule has 4 aromatic rings. The number of hydrazone groups is 1. The molecule has 2 heterocycles. The number of aromatic carboxylic acids is 2. The highest BCUT2D eigenvalue weighted by Crippen LogP contribution is 2.24. The molecule has 0 aliphatic carbocycles. The minimum absolute atomic E-state index is 0.195. The molecule has 2 aromatic heterocycles. The molecule has 0 spiro atoms. The van der Waals surface area contributed by atoms with Crippen LogP contribution < -0.4 is 5.84 Å². The van der Waals surface area contributed by atoms with E-state index in [1.807, 2.05) is 0 Å². The van der Waals surface area contributed by atoms with Crippen molar-refractivity contribution in [3.8, 4) is 28.6 Å². The average molecular weight is 487 g/mol. The van der Waals surface area contributed by atoms with Gasteiger partial charge in [-0.2, -0.15) is 5.10 Å². The summed E-state index contributed by atoms with van der Waals surface area (Å²) in [5.74, 6) is 2.15. The molecule has 0 saturated heterocycles. The maximum atomic E-state index is 11.1. The van der Waals surface area contributed by atoms with Crippen molar-refractivity contribution in [1.29, 1.82) is 0 Å². The van der Waals surface area contributed by atoms with E-state index in [0.717, 1.165) is 0 Å². The molecule has 13 heteroatoms. The van der Waals surface area contributed by atoms with Crippen LogP contribution in [-0.4, -0.2) is 64.3 Å². The summed E-state index contributed by atoms with van der Waals surface area (Å²) in [5, 5.41) is 49.6. The van der Waals surface area contributed by atoms with Crippen molar-refractivity contribution in [2.75, 3.05) is 0 Å². The van der Waals surface area contributed by atoms with Crippen LogP contribution in [0.15, 0.2) is 70.9 Å². The number of nitrogens with two attached hydrogens (primary N) is 1. The Hall–Kier alpha value is -5.59. The second-order valence-electron chi connectivity index (χ2n) is 7.24. The first kappa shape index (κ1) is 23.6. The predicted molar refractivity (Wildman–Crippen MR) is 127 cm³/mol. The van der Waals surface area contributed by atoms with Crippen LogP contribution in [-0.2, 0) is 0 Å². The number of hydrogen-bond acceptors (Lipinski definition) is 10. The molecule has 0 unspecified atom stereocenters. The number of pyridine rings is 1. The van der Waals surface area contributed by atoms with Gasteiger partial charge in [-0.05, 0) is 36.4 Å². The van der Waals surface area contributed by atoms with Gasteiger partial charge in [-0.3, -0.25) is 4.99 Å².